The van der Waals surface area contributed by atoms with Crippen LogP contribution in [0.4, 0.5) is 0 Å². The Kier molecular flexibility index (Phi) is 4.06. The number of amides is 1. The number of aromatic nitrogens is 1. The molecule has 2 N–H and O–H groups in total. The third kappa shape index (κ3) is 2.83. The highest BCUT2D eigenvalue weighted by Crippen LogP contribution is 2.47. The van der Waals surface area contributed by atoms with E-state index >= 15 is 0 Å². The Balaban J connectivity index is 1.44. The van der Waals surface area contributed by atoms with Crippen LogP contribution in [-0.2, 0) is 13.0 Å². The van der Waals surface area contributed by atoms with E-state index in [-0.39, 0.29) is 0 Å². The summed E-state index contributed by atoms with van der Waals surface area (Å²) >= 11 is 0. The van der Waals surface area contributed by atoms with E-state index < -0.39 is 5.91 Å². The van der Waals surface area contributed by atoms with Gasteiger partial charge in [-0.15, -0.1) is 0 Å². The largest absolute Gasteiger partial charge is 0.306 e. The van der Waals surface area contributed by atoms with Crippen LogP contribution >= 0.6 is 0 Å². The van der Waals surface area contributed by atoms with Crippen LogP contribution in [0.5, 0.6) is 0 Å². The Morgan fingerprint density at radius 1 is 1.42 bits per heavy atom. The lowest BCUT2D eigenvalue weighted by molar-refractivity contribution is 0.0705. The van der Waals surface area contributed by atoms with Crippen molar-refractivity contribution in [2.45, 2.75) is 44.7 Å². The normalized spacial score (nSPS) is 30.7. The first-order valence-electron chi connectivity index (χ1n) is 8.93. The first-order valence-corrected chi connectivity index (χ1v) is 8.93. The molecule has 6 nitrogen and oxygen atoms in total. The van der Waals surface area contributed by atoms with Gasteiger partial charge in [0.1, 0.15) is 0 Å². The van der Waals surface area contributed by atoms with Gasteiger partial charge in [0.05, 0.1) is 11.3 Å². The van der Waals surface area contributed by atoms with Crippen LogP contribution in [0.15, 0.2) is 12.3 Å². The van der Waals surface area contributed by atoms with Gasteiger partial charge in [-0.05, 0) is 62.7 Å². The van der Waals surface area contributed by atoms with Gasteiger partial charge in [-0.3, -0.25) is 19.9 Å². The van der Waals surface area contributed by atoms with E-state index in [0.29, 0.717) is 17.0 Å². The van der Waals surface area contributed by atoms with Crippen molar-refractivity contribution in [3.63, 3.8) is 0 Å². The molecule has 3 aliphatic rings. The minimum atomic E-state index is -0.490. The number of nitrogens with one attached hydrogen (secondary N) is 1. The van der Waals surface area contributed by atoms with Gasteiger partial charge in [-0.1, -0.05) is 0 Å². The molecule has 130 valence electrons. The number of fused-ring (bicyclic) bond motifs is 1. The third-order valence-electron chi connectivity index (χ3n) is 6.27. The molecule has 0 unspecified atom stereocenters. The number of hydrogen-bond acceptors (Lipinski definition) is 5. The zero-order chi connectivity index (χ0) is 16.7. The van der Waals surface area contributed by atoms with Gasteiger partial charge in [0.15, 0.2) is 0 Å². The highest BCUT2D eigenvalue weighted by atomic mass is 16.5. The summed E-state index contributed by atoms with van der Waals surface area (Å²) in [7, 11) is 2.24. The molecule has 1 spiro atoms. The Morgan fingerprint density at radius 2 is 2.29 bits per heavy atom. The lowest BCUT2D eigenvalue weighted by atomic mass is 9.85. The van der Waals surface area contributed by atoms with Crippen molar-refractivity contribution in [1.29, 1.82) is 0 Å². The average molecular weight is 330 g/mol. The summed E-state index contributed by atoms with van der Waals surface area (Å²) in [4.78, 5) is 21.1. The number of hydrogen-bond donors (Lipinski definition) is 2. The topological polar surface area (TPSA) is 68.7 Å². The summed E-state index contributed by atoms with van der Waals surface area (Å²) in [6.07, 6.45) is 7.82. The minimum absolute atomic E-state index is 0.429. The highest BCUT2D eigenvalue weighted by Gasteiger charge is 2.44. The van der Waals surface area contributed by atoms with Gasteiger partial charge in [0.25, 0.3) is 5.91 Å². The number of hydroxylamine groups is 1. The highest BCUT2D eigenvalue weighted by molar-refractivity contribution is 5.93. The Bertz CT molecular complexity index is 650. The first-order chi connectivity index (χ1) is 11.6. The van der Waals surface area contributed by atoms with Crippen molar-refractivity contribution in [3.05, 3.63) is 29.1 Å². The summed E-state index contributed by atoms with van der Waals surface area (Å²) in [6, 6.07) is 2.54. The molecule has 1 saturated carbocycles. The second-order valence-electron chi connectivity index (χ2n) is 7.88. The minimum Gasteiger partial charge on any atom is -0.306 e. The van der Waals surface area contributed by atoms with Crippen LogP contribution in [0.3, 0.4) is 0 Å². The maximum Gasteiger partial charge on any atom is 0.276 e. The maximum absolute atomic E-state index is 11.5. The number of rotatable bonds is 2. The summed E-state index contributed by atoms with van der Waals surface area (Å²) in [5.74, 6) is -0.490. The molecule has 24 heavy (non-hydrogen) atoms. The lowest BCUT2D eigenvalue weighted by Gasteiger charge is -2.34. The smallest absolute Gasteiger partial charge is 0.276 e. The van der Waals surface area contributed by atoms with Gasteiger partial charge < -0.3 is 4.90 Å². The monoisotopic (exact) mass is 330 g/mol. The first kappa shape index (κ1) is 16.0. The van der Waals surface area contributed by atoms with Crippen LogP contribution < -0.4 is 5.48 Å². The van der Waals surface area contributed by atoms with Crippen LogP contribution in [0.1, 0.15) is 47.3 Å². The van der Waals surface area contributed by atoms with E-state index in [1.54, 1.807) is 11.7 Å². The lowest BCUT2D eigenvalue weighted by Crippen LogP contribution is -2.39. The van der Waals surface area contributed by atoms with Gasteiger partial charge in [-0.25, -0.2) is 5.48 Å². The SMILES string of the molecule is CN1CC[C@@]2(CC[C@@H](N3CCc4cc(C(=O)NO)cnc4C3)C2)C1. The van der Waals surface area contributed by atoms with E-state index in [4.69, 9.17) is 5.21 Å². The molecule has 4 rings (SSSR count). The second-order valence-corrected chi connectivity index (χ2v) is 7.88. The molecule has 1 aromatic heterocycles. The number of nitrogens with zero attached hydrogens (tertiary/aromatic N) is 3. The van der Waals surface area contributed by atoms with E-state index in [1.165, 1.54) is 38.8 Å². The van der Waals surface area contributed by atoms with Gasteiger partial charge in [0.2, 0.25) is 0 Å². The molecule has 0 bridgehead atoms. The molecule has 3 heterocycles. The van der Waals surface area contributed by atoms with Gasteiger partial charge >= 0.3 is 0 Å². The quantitative estimate of drug-likeness (QED) is 0.634. The second kappa shape index (κ2) is 6.10. The van der Waals surface area contributed by atoms with Crippen molar-refractivity contribution < 1.29 is 10.0 Å². The molecule has 0 aromatic carbocycles. The zero-order valence-electron chi connectivity index (χ0n) is 14.3. The fourth-order valence-corrected chi connectivity index (χ4v) is 4.95. The Morgan fingerprint density at radius 3 is 3.04 bits per heavy atom. The third-order valence-corrected chi connectivity index (χ3v) is 6.27. The van der Waals surface area contributed by atoms with Crippen molar-refractivity contribution in [1.82, 2.24) is 20.3 Å². The number of carbonyl (C=O) groups is 1. The van der Waals surface area contributed by atoms with Crippen molar-refractivity contribution in [2.24, 2.45) is 5.41 Å². The summed E-state index contributed by atoms with van der Waals surface area (Å²) in [6.45, 7) is 4.42. The predicted octanol–water partition coefficient (Wildman–Crippen LogP) is 1.43. The van der Waals surface area contributed by atoms with E-state index in [9.17, 15) is 4.79 Å². The van der Waals surface area contributed by atoms with Crippen molar-refractivity contribution in [2.75, 3.05) is 26.7 Å². The van der Waals surface area contributed by atoms with E-state index in [1.807, 2.05) is 6.07 Å². The molecule has 2 fully saturated rings. The van der Waals surface area contributed by atoms with Crippen LogP contribution in [0.2, 0.25) is 0 Å². The molecular formula is C18H26N4O2. The summed E-state index contributed by atoms with van der Waals surface area (Å²) in [5.41, 5.74) is 4.88. The molecule has 1 saturated heterocycles. The average Bonchev–Trinajstić information content (AvgIpc) is 3.19. The molecule has 1 aromatic rings. The molecular weight excluding hydrogens is 304 g/mol. The summed E-state index contributed by atoms with van der Waals surface area (Å²) < 4.78 is 0. The van der Waals surface area contributed by atoms with Gasteiger partial charge in [-0.2, -0.15) is 0 Å². The predicted molar refractivity (Wildman–Crippen MR) is 89.8 cm³/mol. The van der Waals surface area contributed by atoms with E-state index in [2.05, 4.69) is 21.8 Å². The molecule has 0 radical (unpaired) electrons. The van der Waals surface area contributed by atoms with Gasteiger partial charge in [0, 0.05) is 31.9 Å². The fourth-order valence-electron chi connectivity index (χ4n) is 4.95. The molecule has 6 heteroatoms. The Hall–Kier alpha value is -1.50. The van der Waals surface area contributed by atoms with Crippen LogP contribution in [0, 0.1) is 5.41 Å². The number of pyridine rings is 1. The van der Waals surface area contributed by atoms with Crippen LogP contribution in [-0.4, -0.2) is 58.6 Å². The number of likely N-dealkylation sites (tertiary alicyclic amines) is 1. The Labute approximate surface area is 142 Å². The molecule has 1 aliphatic carbocycles. The molecule has 2 atom stereocenters. The number of carbonyl (C=O) groups excluding carboxylic acids is 1. The van der Waals surface area contributed by atoms with Crippen molar-refractivity contribution >= 4 is 5.91 Å². The van der Waals surface area contributed by atoms with Crippen LogP contribution in [0.25, 0.3) is 0 Å². The van der Waals surface area contributed by atoms with E-state index in [0.717, 1.165) is 30.8 Å². The summed E-state index contributed by atoms with van der Waals surface area (Å²) in [5, 5.41) is 8.76. The standard InChI is InChI=1S/C18H26N4O2/c1-21-7-5-18(12-21)4-2-15(9-18)22-6-3-13-8-14(17(23)20-24)10-19-16(13)11-22/h8,10,15,24H,2-7,9,11-12H2,1H3,(H,20,23)/t15-,18-/m1/s1. The maximum atomic E-state index is 11.5. The molecule has 1 amide bonds. The molecule has 2 aliphatic heterocycles. The zero-order valence-corrected chi connectivity index (χ0v) is 14.3. The fraction of sp³-hybridized carbons (Fsp3) is 0.667. The van der Waals surface area contributed by atoms with Crippen molar-refractivity contribution in [3.8, 4) is 0 Å².